The van der Waals surface area contributed by atoms with E-state index in [1.54, 1.807) is 61.5 Å². The molecule has 1 atom stereocenters. The highest BCUT2D eigenvalue weighted by Crippen LogP contribution is 2.21. The van der Waals surface area contributed by atoms with Gasteiger partial charge in [-0.3, -0.25) is 0 Å². The number of rotatable bonds is 7. The second-order valence-electron chi connectivity index (χ2n) is 8.23. The van der Waals surface area contributed by atoms with Crippen LogP contribution in [0.3, 0.4) is 0 Å². The fourth-order valence-corrected chi connectivity index (χ4v) is 3.33. The van der Waals surface area contributed by atoms with Crippen molar-refractivity contribution in [1.29, 1.82) is 5.41 Å². The van der Waals surface area contributed by atoms with E-state index in [1.807, 2.05) is 55.5 Å². The Bertz CT molecular complexity index is 1350. The molecule has 0 aromatic heterocycles. The van der Waals surface area contributed by atoms with Crippen LogP contribution in [0.1, 0.15) is 40.1 Å². The fraction of sp³-hybridized carbons (Fsp3) is 0.0968. The van der Waals surface area contributed by atoms with Crippen molar-refractivity contribution >= 4 is 23.4 Å². The Balaban J connectivity index is 0.000000356. The standard InChI is InChI=1S/C24H22N2O2.C7H6O2/c1-17(18(2)26-28-24(27)22-11-7-4-8-12-22)23(25)21-15-13-20(14-16-21)19-9-5-3-6-10-19;8-7(9)6-4-2-1-3-5-6/h3-17,25H,1-2H3;1-5H,(H,8,9)/b25-23?,26-18+;. The molecule has 4 aromatic rings. The van der Waals surface area contributed by atoms with Crippen molar-refractivity contribution in [2.45, 2.75) is 13.8 Å². The minimum absolute atomic E-state index is 0.272. The number of hydrogen-bond donors (Lipinski definition) is 2. The molecule has 186 valence electrons. The molecule has 4 rings (SSSR count). The molecule has 4 aromatic carbocycles. The highest BCUT2D eigenvalue weighted by Gasteiger charge is 2.16. The number of nitrogens with one attached hydrogen (secondary N) is 1. The lowest BCUT2D eigenvalue weighted by Gasteiger charge is -2.13. The number of benzene rings is 4. The van der Waals surface area contributed by atoms with Gasteiger partial charge in [0, 0.05) is 11.6 Å². The minimum atomic E-state index is -0.879. The van der Waals surface area contributed by atoms with Gasteiger partial charge in [-0.2, -0.15) is 0 Å². The van der Waals surface area contributed by atoms with Crippen LogP contribution in [-0.2, 0) is 4.84 Å². The molecule has 1 unspecified atom stereocenters. The number of carboxylic acids is 1. The highest BCUT2D eigenvalue weighted by molar-refractivity contribution is 6.12. The number of hydrogen-bond acceptors (Lipinski definition) is 5. The third kappa shape index (κ3) is 7.83. The molecular formula is C31H28N2O4. The first-order chi connectivity index (χ1) is 17.9. The summed E-state index contributed by atoms with van der Waals surface area (Å²) in [7, 11) is 0. The summed E-state index contributed by atoms with van der Waals surface area (Å²) in [5, 5.41) is 20.8. The Labute approximate surface area is 216 Å². The largest absolute Gasteiger partial charge is 0.478 e. The van der Waals surface area contributed by atoms with Crippen LogP contribution in [0.5, 0.6) is 0 Å². The second-order valence-corrected chi connectivity index (χ2v) is 8.23. The Morgan fingerprint density at radius 3 is 1.65 bits per heavy atom. The van der Waals surface area contributed by atoms with E-state index < -0.39 is 11.9 Å². The zero-order valence-corrected chi connectivity index (χ0v) is 20.7. The average molecular weight is 493 g/mol. The van der Waals surface area contributed by atoms with Crippen molar-refractivity contribution < 1.29 is 19.5 Å². The maximum atomic E-state index is 12.0. The molecule has 6 heteroatoms. The monoisotopic (exact) mass is 492 g/mol. The van der Waals surface area contributed by atoms with E-state index in [0.717, 1.165) is 16.7 Å². The topological polar surface area (TPSA) is 99.8 Å². The van der Waals surface area contributed by atoms with E-state index in [0.29, 0.717) is 22.6 Å². The van der Waals surface area contributed by atoms with E-state index in [-0.39, 0.29) is 5.92 Å². The number of nitrogens with zero attached hydrogens (tertiary/aromatic N) is 1. The van der Waals surface area contributed by atoms with Crippen LogP contribution in [-0.4, -0.2) is 28.5 Å². The SMILES string of the molecule is C/C(=N\OC(=O)c1ccccc1)C(C)C(=N)c1ccc(-c2ccccc2)cc1.O=C(O)c1ccccc1. The quantitative estimate of drug-likeness (QED) is 0.165. The van der Waals surface area contributed by atoms with Gasteiger partial charge in [0.1, 0.15) is 0 Å². The molecule has 0 aliphatic heterocycles. The summed E-state index contributed by atoms with van der Waals surface area (Å²) in [6, 6.07) is 35.0. The molecular weight excluding hydrogens is 464 g/mol. The maximum absolute atomic E-state index is 12.0. The van der Waals surface area contributed by atoms with Crippen molar-refractivity contribution in [3.63, 3.8) is 0 Å². The van der Waals surface area contributed by atoms with Crippen LogP contribution in [0, 0.1) is 11.3 Å². The molecule has 0 aliphatic carbocycles. The second kappa shape index (κ2) is 13.3. The fourth-order valence-electron chi connectivity index (χ4n) is 3.33. The van der Waals surface area contributed by atoms with Gasteiger partial charge in [-0.05, 0) is 47.9 Å². The molecule has 0 amide bonds. The van der Waals surface area contributed by atoms with Gasteiger partial charge in [-0.1, -0.05) is 103 Å². The first kappa shape index (κ1) is 26.8. The van der Waals surface area contributed by atoms with Gasteiger partial charge in [0.15, 0.2) is 0 Å². The van der Waals surface area contributed by atoms with Gasteiger partial charge in [-0.15, -0.1) is 0 Å². The molecule has 0 spiro atoms. The summed E-state index contributed by atoms with van der Waals surface area (Å²) in [5.74, 6) is -1.66. The number of carbonyl (C=O) groups excluding carboxylic acids is 1. The van der Waals surface area contributed by atoms with Gasteiger partial charge >= 0.3 is 11.9 Å². The number of aromatic carboxylic acids is 1. The minimum Gasteiger partial charge on any atom is -0.478 e. The van der Waals surface area contributed by atoms with Gasteiger partial charge in [0.25, 0.3) is 0 Å². The summed E-state index contributed by atoms with van der Waals surface area (Å²) in [6.45, 7) is 3.64. The van der Waals surface area contributed by atoms with Gasteiger partial charge in [0.05, 0.1) is 16.8 Å². The Morgan fingerprint density at radius 2 is 1.16 bits per heavy atom. The van der Waals surface area contributed by atoms with Crippen molar-refractivity contribution in [3.05, 3.63) is 132 Å². The normalized spacial score (nSPS) is 11.5. The summed E-state index contributed by atoms with van der Waals surface area (Å²) >= 11 is 0. The van der Waals surface area contributed by atoms with Crippen LogP contribution in [0.2, 0.25) is 0 Å². The molecule has 0 bridgehead atoms. The Hall–Kier alpha value is -4.84. The molecule has 0 radical (unpaired) electrons. The van der Waals surface area contributed by atoms with E-state index in [1.165, 1.54) is 0 Å². The summed E-state index contributed by atoms with van der Waals surface area (Å²) in [4.78, 5) is 27.2. The summed E-state index contributed by atoms with van der Waals surface area (Å²) < 4.78 is 0. The third-order valence-electron chi connectivity index (χ3n) is 5.67. The molecule has 0 saturated carbocycles. The van der Waals surface area contributed by atoms with Crippen molar-refractivity contribution in [2.24, 2.45) is 11.1 Å². The van der Waals surface area contributed by atoms with E-state index in [9.17, 15) is 9.59 Å². The molecule has 2 N–H and O–H groups in total. The third-order valence-corrected chi connectivity index (χ3v) is 5.67. The lowest BCUT2D eigenvalue weighted by Crippen LogP contribution is -2.20. The zero-order valence-electron chi connectivity index (χ0n) is 20.7. The molecule has 37 heavy (non-hydrogen) atoms. The van der Waals surface area contributed by atoms with E-state index in [2.05, 4.69) is 17.3 Å². The average Bonchev–Trinajstić information content (AvgIpc) is 2.96. The van der Waals surface area contributed by atoms with Crippen LogP contribution < -0.4 is 0 Å². The Morgan fingerprint density at radius 1 is 0.703 bits per heavy atom. The summed E-state index contributed by atoms with van der Waals surface area (Å²) in [5.41, 5.74) is 4.83. The molecule has 0 heterocycles. The Kier molecular flexibility index (Phi) is 9.62. The number of oxime groups is 1. The lowest BCUT2D eigenvalue weighted by atomic mass is 9.93. The zero-order chi connectivity index (χ0) is 26.6. The van der Waals surface area contributed by atoms with E-state index in [4.69, 9.17) is 15.4 Å². The maximum Gasteiger partial charge on any atom is 0.365 e. The molecule has 0 saturated heterocycles. The van der Waals surface area contributed by atoms with Gasteiger partial charge in [0.2, 0.25) is 0 Å². The smallest absolute Gasteiger partial charge is 0.365 e. The van der Waals surface area contributed by atoms with Gasteiger partial charge in [-0.25, -0.2) is 9.59 Å². The highest BCUT2D eigenvalue weighted by atomic mass is 16.7. The predicted molar refractivity (Wildman–Crippen MR) is 146 cm³/mol. The molecule has 0 aliphatic rings. The van der Waals surface area contributed by atoms with Gasteiger partial charge < -0.3 is 15.4 Å². The first-order valence-electron chi connectivity index (χ1n) is 11.7. The molecule has 0 fully saturated rings. The van der Waals surface area contributed by atoms with Crippen molar-refractivity contribution in [2.75, 3.05) is 0 Å². The van der Waals surface area contributed by atoms with Crippen LogP contribution >= 0.6 is 0 Å². The van der Waals surface area contributed by atoms with E-state index >= 15 is 0 Å². The number of carboxylic acid groups (broad SMARTS) is 1. The van der Waals surface area contributed by atoms with Crippen LogP contribution in [0.25, 0.3) is 11.1 Å². The molecule has 6 nitrogen and oxygen atoms in total. The first-order valence-corrected chi connectivity index (χ1v) is 11.7. The van der Waals surface area contributed by atoms with Crippen LogP contribution in [0.15, 0.2) is 120 Å². The predicted octanol–water partition coefficient (Wildman–Crippen LogP) is 6.98. The summed E-state index contributed by atoms with van der Waals surface area (Å²) in [6.07, 6.45) is 0. The van der Waals surface area contributed by atoms with Crippen molar-refractivity contribution in [1.82, 2.24) is 0 Å². The lowest BCUT2D eigenvalue weighted by molar-refractivity contribution is 0.0514. The number of carbonyl (C=O) groups is 2. The van der Waals surface area contributed by atoms with Crippen LogP contribution in [0.4, 0.5) is 0 Å². The van der Waals surface area contributed by atoms with Crippen molar-refractivity contribution in [3.8, 4) is 11.1 Å².